The molecule has 1 saturated heterocycles. The van der Waals surface area contributed by atoms with Crippen molar-refractivity contribution in [3.05, 3.63) is 65.7 Å². The van der Waals surface area contributed by atoms with Crippen LogP contribution in [0.3, 0.4) is 0 Å². The zero-order valence-electron chi connectivity index (χ0n) is 16.5. The Kier molecular flexibility index (Phi) is 5.70. The van der Waals surface area contributed by atoms with Gasteiger partial charge in [0.15, 0.2) is 11.6 Å². The second-order valence-corrected chi connectivity index (χ2v) is 7.46. The first-order valence-corrected chi connectivity index (χ1v) is 9.94. The SMILES string of the molecule is O=C(CCc1cc(-c2ccc(F)c(O)c2)[nH]c1-c1ccc(F)cc1)NC1CCNC1=O. The van der Waals surface area contributed by atoms with E-state index in [1.165, 1.54) is 30.3 Å². The molecule has 2 heterocycles. The average Bonchev–Trinajstić information content (AvgIpc) is 3.35. The molecule has 0 radical (unpaired) electrons. The summed E-state index contributed by atoms with van der Waals surface area (Å²) in [5.74, 6) is -1.97. The molecule has 0 saturated carbocycles. The van der Waals surface area contributed by atoms with Crippen molar-refractivity contribution in [2.24, 2.45) is 0 Å². The molecule has 1 aliphatic heterocycles. The predicted molar refractivity (Wildman–Crippen MR) is 111 cm³/mol. The fourth-order valence-electron chi connectivity index (χ4n) is 3.65. The summed E-state index contributed by atoms with van der Waals surface area (Å²) in [6.45, 7) is 0.546. The number of halogens is 2. The van der Waals surface area contributed by atoms with E-state index in [-0.39, 0.29) is 24.1 Å². The van der Waals surface area contributed by atoms with Crippen LogP contribution < -0.4 is 10.6 Å². The smallest absolute Gasteiger partial charge is 0.242 e. The van der Waals surface area contributed by atoms with Gasteiger partial charge >= 0.3 is 0 Å². The molecule has 2 aromatic carbocycles. The van der Waals surface area contributed by atoms with Crippen LogP contribution in [-0.2, 0) is 16.0 Å². The Labute approximate surface area is 177 Å². The molecule has 31 heavy (non-hydrogen) atoms. The van der Waals surface area contributed by atoms with Crippen LogP contribution in [0.5, 0.6) is 5.75 Å². The van der Waals surface area contributed by atoms with Crippen molar-refractivity contribution < 1.29 is 23.5 Å². The van der Waals surface area contributed by atoms with Gasteiger partial charge in [0.25, 0.3) is 0 Å². The number of nitrogens with one attached hydrogen (secondary N) is 3. The number of rotatable bonds is 6. The zero-order chi connectivity index (χ0) is 22.0. The average molecular weight is 425 g/mol. The Morgan fingerprint density at radius 1 is 1.10 bits per heavy atom. The maximum absolute atomic E-state index is 13.4. The van der Waals surface area contributed by atoms with E-state index in [2.05, 4.69) is 15.6 Å². The quantitative estimate of drug-likeness (QED) is 0.488. The van der Waals surface area contributed by atoms with Gasteiger partial charge in [-0.2, -0.15) is 0 Å². The van der Waals surface area contributed by atoms with E-state index in [1.807, 2.05) is 6.07 Å². The number of carbonyl (C=O) groups excluding carboxylic acids is 2. The van der Waals surface area contributed by atoms with E-state index < -0.39 is 17.6 Å². The number of amides is 2. The summed E-state index contributed by atoms with van der Waals surface area (Å²) in [5.41, 5.74) is 3.42. The first kappa shape index (κ1) is 20.6. The highest BCUT2D eigenvalue weighted by atomic mass is 19.1. The molecule has 4 N–H and O–H groups in total. The monoisotopic (exact) mass is 425 g/mol. The second kappa shape index (κ2) is 8.59. The zero-order valence-corrected chi connectivity index (χ0v) is 16.5. The Bertz CT molecular complexity index is 1130. The minimum Gasteiger partial charge on any atom is -0.505 e. The number of aromatic amines is 1. The molecule has 1 aliphatic rings. The number of aromatic nitrogens is 1. The lowest BCUT2D eigenvalue weighted by Gasteiger charge is -2.10. The number of hydrogen-bond acceptors (Lipinski definition) is 3. The minimum absolute atomic E-state index is 0.157. The molecule has 0 aliphatic carbocycles. The molecule has 160 valence electrons. The molecule has 3 aromatic rings. The number of carbonyl (C=O) groups is 2. The molecule has 1 fully saturated rings. The minimum atomic E-state index is -0.720. The van der Waals surface area contributed by atoms with Crippen molar-refractivity contribution in [1.82, 2.24) is 15.6 Å². The fourth-order valence-corrected chi connectivity index (χ4v) is 3.65. The largest absolute Gasteiger partial charge is 0.505 e. The maximum Gasteiger partial charge on any atom is 0.242 e. The standard InChI is InChI=1S/C23H21F2N3O3/c24-16-5-1-13(2-6-16)22-15(4-8-21(30)27-18-9-10-26-23(18)31)11-19(28-22)14-3-7-17(25)20(29)12-14/h1-3,5-7,11-12,18,28-29H,4,8-10H2,(H,26,31)(H,27,30). The third kappa shape index (κ3) is 4.58. The summed E-state index contributed by atoms with van der Waals surface area (Å²) in [7, 11) is 0. The molecule has 1 atom stereocenters. The van der Waals surface area contributed by atoms with Crippen LogP contribution in [0.4, 0.5) is 8.78 Å². The molecule has 2 amide bonds. The van der Waals surface area contributed by atoms with Crippen molar-refractivity contribution in [3.8, 4) is 28.3 Å². The van der Waals surface area contributed by atoms with Crippen LogP contribution in [0.15, 0.2) is 48.5 Å². The number of aromatic hydroxyl groups is 1. The Morgan fingerprint density at radius 2 is 1.84 bits per heavy atom. The predicted octanol–water partition coefficient (Wildman–Crippen LogP) is 3.27. The number of phenolic OH excluding ortho intramolecular Hbond substituents is 1. The topological polar surface area (TPSA) is 94.2 Å². The molecule has 6 nitrogen and oxygen atoms in total. The van der Waals surface area contributed by atoms with E-state index in [4.69, 9.17) is 0 Å². The molecule has 1 unspecified atom stereocenters. The van der Waals surface area contributed by atoms with Gasteiger partial charge in [-0.15, -0.1) is 0 Å². The number of phenols is 1. The molecule has 8 heteroatoms. The van der Waals surface area contributed by atoms with Crippen LogP contribution in [-0.4, -0.2) is 34.5 Å². The molecule has 1 aromatic heterocycles. The summed E-state index contributed by atoms with van der Waals surface area (Å²) in [5, 5.41) is 15.1. The first-order chi connectivity index (χ1) is 14.9. The van der Waals surface area contributed by atoms with Crippen molar-refractivity contribution >= 4 is 11.8 Å². The molecular weight excluding hydrogens is 404 g/mol. The molecular formula is C23H21F2N3O3. The van der Waals surface area contributed by atoms with Crippen molar-refractivity contribution in [2.45, 2.75) is 25.3 Å². The van der Waals surface area contributed by atoms with E-state index in [1.54, 1.807) is 12.1 Å². The van der Waals surface area contributed by atoms with Gasteiger partial charge in [-0.25, -0.2) is 8.78 Å². The number of hydrogen-bond donors (Lipinski definition) is 4. The van der Waals surface area contributed by atoms with Gasteiger partial charge in [0.1, 0.15) is 11.9 Å². The van der Waals surface area contributed by atoms with E-state index >= 15 is 0 Å². The van der Waals surface area contributed by atoms with Crippen LogP contribution in [0.2, 0.25) is 0 Å². The molecule has 4 rings (SSSR count). The highest BCUT2D eigenvalue weighted by Crippen LogP contribution is 2.32. The van der Waals surface area contributed by atoms with Gasteiger partial charge in [0.05, 0.1) is 0 Å². The number of benzene rings is 2. The highest BCUT2D eigenvalue weighted by molar-refractivity contribution is 5.89. The lowest BCUT2D eigenvalue weighted by Crippen LogP contribution is -2.40. The van der Waals surface area contributed by atoms with Crippen molar-refractivity contribution in [3.63, 3.8) is 0 Å². The summed E-state index contributed by atoms with van der Waals surface area (Å²) in [4.78, 5) is 27.2. The van der Waals surface area contributed by atoms with E-state index in [0.29, 0.717) is 36.3 Å². The molecule has 0 spiro atoms. The van der Waals surface area contributed by atoms with Gasteiger partial charge in [0.2, 0.25) is 11.8 Å². The second-order valence-electron chi connectivity index (χ2n) is 7.46. The summed E-state index contributed by atoms with van der Waals surface area (Å²) in [6, 6.07) is 11.3. The number of aryl methyl sites for hydroxylation is 1. The van der Waals surface area contributed by atoms with Crippen LogP contribution in [0.25, 0.3) is 22.5 Å². The van der Waals surface area contributed by atoms with Gasteiger partial charge in [-0.1, -0.05) is 0 Å². The highest BCUT2D eigenvalue weighted by Gasteiger charge is 2.25. The van der Waals surface area contributed by atoms with E-state index in [0.717, 1.165) is 11.1 Å². The number of H-pyrrole nitrogens is 1. The van der Waals surface area contributed by atoms with Crippen LogP contribution >= 0.6 is 0 Å². The van der Waals surface area contributed by atoms with Crippen LogP contribution in [0.1, 0.15) is 18.4 Å². The Balaban J connectivity index is 1.59. The Morgan fingerprint density at radius 3 is 2.52 bits per heavy atom. The van der Waals surface area contributed by atoms with Gasteiger partial charge in [-0.3, -0.25) is 9.59 Å². The normalized spacial score (nSPS) is 15.7. The third-order valence-corrected chi connectivity index (χ3v) is 5.29. The van der Waals surface area contributed by atoms with Gasteiger partial charge in [-0.05, 0) is 72.5 Å². The lowest BCUT2D eigenvalue weighted by molar-refractivity contribution is -0.127. The van der Waals surface area contributed by atoms with E-state index in [9.17, 15) is 23.5 Å². The summed E-state index contributed by atoms with van der Waals surface area (Å²) < 4.78 is 26.8. The first-order valence-electron chi connectivity index (χ1n) is 9.94. The summed E-state index contributed by atoms with van der Waals surface area (Å²) in [6.07, 6.45) is 1.09. The van der Waals surface area contributed by atoms with Gasteiger partial charge in [0, 0.05) is 29.9 Å². The third-order valence-electron chi connectivity index (χ3n) is 5.29. The van der Waals surface area contributed by atoms with Gasteiger partial charge < -0.3 is 20.7 Å². The van der Waals surface area contributed by atoms with Crippen LogP contribution in [0, 0.1) is 11.6 Å². The fraction of sp³-hybridized carbons (Fsp3) is 0.217. The van der Waals surface area contributed by atoms with Crippen molar-refractivity contribution in [2.75, 3.05) is 6.54 Å². The molecule has 0 bridgehead atoms. The maximum atomic E-state index is 13.4. The van der Waals surface area contributed by atoms with Crippen molar-refractivity contribution in [1.29, 1.82) is 0 Å². The summed E-state index contributed by atoms with van der Waals surface area (Å²) >= 11 is 0. The lowest BCUT2D eigenvalue weighted by atomic mass is 10.0. The Hall–Kier alpha value is -3.68.